The van der Waals surface area contributed by atoms with E-state index >= 15 is 0 Å². The molecular weight excluding hydrogens is 869 g/mol. The first-order valence-corrected chi connectivity index (χ1v) is 25.6. The largest absolute Gasteiger partial charge is 0.309 e. The van der Waals surface area contributed by atoms with Gasteiger partial charge in [0.2, 0.25) is 0 Å². The highest BCUT2D eigenvalue weighted by molar-refractivity contribution is 6.12. The van der Waals surface area contributed by atoms with Crippen molar-refractivity contribution in [3.8, 4) is 50.2 Å². The molecule has 0 amide bonds. The van der Waals surface area contributed by atoms with Crippen LogP contribution < -0.4 is 4.90 Å². The van der Waals surface area contributed by atoms with E-state index in [1.165, 1.54) is 77.1 Å². The summed E-state index contributed by atoms with van der Waals surface area (Å²) in [4.78, 5) is 2.55. The zero-order valence-corrected chi connectivity index (χ0v) is 43.3. The molecule has 0 spiro atoms. The molecule has 0 N–H and O–H groups in total. The topological polar surface area (TPSA) is 8.17 Å². The van der Waals surface area contributed by atoms with Gasteiger partial charge in [-0.25, -0.2) is 0 Å². The van der Waals surface area contributed by atoms with E-state index in [0.29, 0.717) is 0 Å². The van der Waals surface area contributed by atoms with Crippen LogP contribution in [-0.4, -0.2) is 4.57 Å². The quantitative estimate of drug-likeness (QED) is 0.147. The van der Waals surface area contributed by atoms with Crippen molar-refractivity contribution < 1.29 is 0 Å². The van der Waals surface area contributed by atoms with Crippen molar-refractivity contribution in [2.24, 2.45) is 0 Å². The van der Waals surface area contributed by atoms with Crippen LogP contribution in [0.15, 0.2) is 224 Å². The van der Waals surface area contributed by atoms with E-state index in [9.17, 15) is 0 Å². The minimum atomic E-state index is -0.0637. The molecule has 11 aromatic rings. The minimum Gasteiger partial charge on any atom is -0.309 e. The van der Waals surface area contributed by atoms with E-state index in [0.717, 1.165) is 39.4 Å². The third-order valence-corrected chi connectivity index (χ3v) is 14.6. The number of para-hydroxylation sites is 4. The lowest BCUT2D eigenvalue weighted by molar-refractivity contribution is 0.569. The Morgan fingerprint density at radius 3 is 1.50 bits per heavy atom. The van der Waals surface area contributed by atoms with Gasteiger partial charge in [-0.15, -0.1) is 0 Å². The molecule has 2 heteroatoms. The molecule has 0 unspecified atom stereocenters. The summed E-state index contributed by atoms with van der Waals surface area (Å²) < 4.78 is 2.42. The van der Waals surface area contributed by atoms with E-state index in [-0.39, 0.29) is 16.2 Å². The molecule has 0 saturated heterocycles. The second-order valence-corrected chi connectivity index (χ2v) is 22.6. The summed E-state index contributed by atoms with van der Waals surface area (Å²) >= 11 is 0. The van der Waals surface area contributed by atoms with Gasteiger partial charge in [-0.05, 0) is 120 Å². The number of rotatable bonds is 8. The van der Waals surface area contributed by atoms with Crippen molar-refractivity contribution in [1.82, 2.24) is 4.57 Å². The van der Waals surface area contributed by atoms with Gasteiger partial charge >= 0.3 is 0 Å². The Morgan fingerprint density at radius 1 is 0.306 bits per heavy atom. The van der Waals surface area contributed by atoms with Crippen LogP contribution in [0, 0.1) is 0 Å². The highest BCUT2D eigenvalue weighted by Gasteiger charge is 2.27. The lowest BCUT2D eigenvalue weighted by Gasteiger charge is -2.33. The first kappa shape index (κ1) is 46.4. The van der Waals surface area contributed by atoms with Crippen molar-refractivity contribution >= 4 is 49.6 Å². The van der Waals surface area contributed by atoms with Gasteiger partial charge in [0.05, 0.1) is 28.1 Å². The summed E-state index contributed by atoms with van der Waals surface area (Å²) in [5.41, 5.74) is 20.2. The van der Waals surface area contributed by atoms with Gasteiger partial charge in [0.1, 0.15) is 0 Å². The van der Waals surface area contributed by atoms with Crippen LogP contribution >= 0.6 is 0 Å². The van der Waals surface area contributed by atoms with Crippen LogP contribution in [-0.2, 0) is 16.2 Å². The molecule has 10 aromatic carbocycles. The van der Waals surface area contributed by atoms with Crippen LogP contribution in [0.2, 0.25) is 0 Å². The Hall–Kier alpha value is -7.94. The first-order valence-electron chi connectivity index (χ1n) is 25.6. The number of fused-ring (bicyclic) bond motifs is 4. The molecule has 354 valence electrons. The van der Waals surface area contributed by atoms with Crippen molar-refractivity contribution in [3.05, 3.63) is 241 Å². The highest BCUT2D eigenvalue weighted by Crippen LogP contribution is 2.51. The van der Waals surface area contributed by atoms with Crippen LogP contribution in [0.4, 0.5) is 17.1 Å². The van der Waals surface area contributed by atoms with E-state index in [1.807, 2.05) is 0 Å². The van der Waals surface area contributed by atoms with Crippen LogP contribution in [0.3, 0.4) is 0 Å². The second-order valence-electron chi connectivity index (χ2n) is 22.6. The minimum absolute atomic E-state index is 0.0223. The number of nitrogens with zero attached hydrogens (tertiary/aromatic N) is 2. The van der Waals surface area contributed by atoms with Crippen molar-refractivity contribution in [2.75, 3.05) is 4.90 Å². The summed E-state index contributed by atoms with van der Waals surface area (Å²) in [7, 11) is 0. The number of aromatic nitrogens is 1. The molecule has 0 aliphatic carbocycles. The normalized spacial score (nSPS) is 12.2. The van der Waals surface area contributed by atoms with Gasteiger partial charge in [-0.1, -0.05) is 238 Å². The summed E-state index contributed by atoms with van der Waals surface area (Å²) in [6.07, 6.45) is 0. The fourth-order valence-electron chi connectivity index (χ4n) is 10.7. The van der Waals surface area contributed by atoms with Gasteiger partial charge in [0.25, 0.3) is 0 Å². The molecule has 0 fully saturated rings. The Balaban J connectivity index is 1.20. The number of hydrogen-bond acceptors (Lipinski definition) is 1. The smallest absolute Gasteiger partial charge is 0.0547 e. The Morgan fingerprint density at radius 2 is 0.833 bits per heavy atom. The zero-order chi connectivity index (χ0) is 49.9. The van der Waals surface area contributed by atoms with Crippen molar-refractivity contribution in [1.29, 1.82) is 0 Å². The van der Waals surface area contributed by atoms with E-state index in [1.54, 1.807) is 0 Å². The molecule has 72 heavy (non-hydrogen) atoms. The molecule has 0 aliphatic rings. The monoisotopic (exact) mass is 933 g/mol. The number of benzene rings is 10. The molecule has 2 nitrogen and oxygen atoms in total. The van der Waals surface area contributed by atoms with Gasteiger partial charge in [0, 0.05) is 33.2 Å². The summed E-state index contributed by atoms with van der Waals surface area (Å²) in [5.74, 6) is 0. The maximum absolute atomic E-state index is 2.55. The molecule has 1 heterocycles. The van der Waals surface area contributed by atoms with Crippen molar-refractivity contribution in [2.45, 2.75) is 78.6 Å². The van der Waals surface area contributed by atoms with Crippen LogP contribution in [0.1, 0.15) is 79.0 Å². The molecule has 0 bridgehead atoms. The first-order chi connectivity index (χ1) is 34.6. The van der Waals surface area contributed by atoms with Gasteiger partial charge in [-0.2, -0.15) is 0 Å². The Labute approximate surface area is 426 Å². The molecule has 0 aliphatic heterocycles. The van der Waals surface area contributed by atoms with Crippen molar-refractivity contribution in [3.63, 3.8) is 0 Å². The highest BCUT2D eigenvalue weighted by atomic mass is 15.2. The van der Waals surface area contributed by atoms with E-state index in [4.69, 9.17) is 0 Å². The predicted octanol–water partition coefficient (Wildman–Crippen LogP) is 20.0. The molecule has 11 rings (SSSR count). The Kier molecular flexibility index (Phi) is 11.6. The number of hydrogen-bond donors (Lipinski definition) is 0. The molecule has 1 aromatic heterocycles. The molecular formula is C70H64N2. The average Bonchev–Trinajstić information content (AvgIpc) is 3.72. The third-order valence-electron chi connectivity index (χ3n) is 14.6. The fourth-order valence-corrected chi connectivity index (χ4v) is 10.7. The third kappa shape index (κ3) is 8.49. The summed E-state index contributed by atoms with van der Waals surface area (Å²) in [5, 5.41) is 4.94. The molecule has 0 saturated carbocycles. The van der Waals surface area contributed by atoms with Crippen LogP contribution in [0.5, 0.6) is 0 Å². The lowest BCUT2D eigenvalue weighted by atomic mass is 9.78. The second kappa shape index (κ2) is 18.0. The summed E-state index contributed by atoms with van der Waals surface area (Å²) in [6, 6.07) is 83.8. The fraction of sp³-hybridized carbons (Fsp3) is 0.171. The zero-order valence-electron chi connectivity index (χ0n) is 43.3. The Bertz CT molecular complexity index is 3760. The lowest BCUT2D eigenvalue weighted by Crippen LogP contribution is -2.16. The number of anilines is 3. The van der Waals surface area contributed by atoms with Gasteiger partial charge < -0.3 is 9.47 Å². The van der Waals surface area contributed by atoms with E-state index < -0.39 is 0 Å². The van der Waals surface area contributed by atoms with Crippen LogP contribution in [0.25, 0.3) is 82.8 Å². The SMILES string of the molecule is CC(C)(C)c1cc(-c2cccc3cccc(-c4ccccc4N(c4ccccc4-c4ccc5c6ccccc6n(-c6ccccc6)c5c4)c4ccc(C(C)(C)C)cc4-c4ccccc4)c23)cc(C(C)(C)C)c1. The van der Waals surface area contributed by atoms with Gasteiger partial charge in [0.15, 0.2) is 0 Å². The predicted molar refractivity (Wildman–Crippen MR) is 311 cm³/mol. The molecule has 0 atom stereocenters. The molecule has 0 radical (unpaired) electrons. The standard InChI is InChI=1S/C70H64N2/c1-68(2,3)51-39-41-65(61(46-51)47-24-12-10-13-25-47)72(62-35-19-16-30-55(62)49-38-40-59-57-31-17-20-36-63(57)71(66(59)44-49)54-28-14-11-15-29-54)64-37-21-18-32-58(64)60-34-23-27-48-26-22-33-56(67(48)60)50-42-52(69(4,5)6)45-53(43-50)70(7,8)9/h10-46H,1-9H3. The maximum Gasteiger partial charge on any atom is 0.0547 e. The average molecular weight is 933 g/mol. The van der Waals surface area contributed by atoms with Gasteiger partial charge in [-0.3, -0.25) is 0 Å². The maximum atomic E-state index is 2.55. The van der Waals surface area contributed by atoms with E-state index in [2.05, 4.69) is 296 Å². The summed E-state index contributed by atoms with van der Waals surface area (Å²) in [6.45, 7) is 20.9.